The lowest BCUT2D eigenvalue weighted by Gasteiger charge is -2.30. The maximum atomic E-state index is 2.43. The minimum Gasteiger partial charge on any atom is -0.310 e. The van der Waals surface area contributed by atoms with Crippen LogP contribution in [0.4, 0.5) is 17.1 Å². The van der Waals surface area contributed by atoms with Crippen molar-refractivity contribution < 1.29 is 0 Å². The van der Waals surface area contributed by atoms with E-state index in [1.807, 2.05) is 0 Å². The SMILES string of the molecule is CC1(C)c2cc(N(c3ccccc3)c3ccccc3-c3ccccc3)ccc2-c2cc(-c3ccccc3)c3ccccc3c21. The Morgan fingerprint density at radius 2 is 0.977 bits per heavy atom. The highest BCUT2D eigenvalue weighted by Crippen LogP contribution is 2.54. The summed E-state index contributed by atoms with van der Waals surface area (Å²) in [5, 5.41) is 2.64. The molecule has 1 aliphatic carbocycles. The van der Waals surface area contributed by atoms with Crippen LogP contribution in [0.25, 0.3) is 44.2 Å². The first-order valence-corrected chi connectivity index (χ1v) is 15.4. The van der Waals surface area contributed by atoms with Gasteiger partial charge in [0.05, 0.1) is 5.69 Å². The van der Waals surface area contributed by atoms with Crippen LogP contribution in [-0.4, -0.2) is 0 Å². The van der Waals surface area contributed by atoms with Crippen molar-refractivity contribution in [2.75, 3.05) is 4.90 Å². The van der Waals surface area contributed by atoms with Gasteiger partial charge in [0.2, 0.25) is 0 Å². The fourth-order valence-electron chi connectivity index (χ4n) is 7.21. The molecule has 0 aliphatic heterocycles. The van der Waals surface area contributed by atoms with E-state index in [2.05, 4.69) is 183 Å². The monoisotopic (exact) mass is 563 g/mol. The summed E-state index contributed by atoms with van der Waals surface area (Å²) < 4.78 is 0. The Morgan fingerprint density at radius 1 is 0.409 bits per heavy atom. The number of benzene rings is 7. The number of hydrogen-bond donors (Lipinski definition) is 0. The van der Waals surface area contributed by atoms with E-state index in [1.165, 1.54) is 55.3 Å². The van der Waals surface area contributed by atoms with E-state index in [0.717, 1.165) is 17.1 Å². The van der Waals surface area contributed by atoms with Crippen LogP contribution in [0.5, 0.6) is 0 Å². The van der Waals surface area contributed by atoms with Gasteiger partial charge in [-0.3, -0.25) is 0 Å². The molecule has 0 atom stereocenters. The smallest absolute Gasteiger partial charge is 0.0540 e. The highest BCUT2D eigenvalue weighted by molar-refractivity contribution is 6.06. The summed E-state index contributed by atoms with van der Waals surface area (Å²) >= 11 is 0. The fourth-order valence-corrected chi connectivity index (χ4v) is 7.21. The second kappa shape index (κ2) is 10.4. The Morgan fingerprint density at radius 3 is 1.68 bits per heavy atom. The largest absolute Gasteiger partial charge is 0.310 e. The third-order valence-corrected chi connectivity index (χ3v) is 9.22. The van der Waals surface area contributed by atoms with Crippen LogP contribution in [-0.2, 0) is 5.41 Å². The molecular formula is C43H33N. The van der Waals surface area contributed by atoms with Gasteiger partial charge >= 0.3 is 0 Å². The number of anilines is 3. The van der Waals surface area contributed by atoms with E-state index in [9.17, 15) is 0 Å². The molecule has 0 aromatic heterocycles. The van der Waals surface area contributed by atoms with Crippen molar-refractivity contribution in [2.45, 2.75) is 19.3 Å². The van der Waals surface area contributed by atoms with Crippen LogP contribution in [0.2, 0.25) is 0 Å². The van der Waals surface area contributed by atoms with E-state index in [4.69, 9.17) is 0 Å². The van der Waals surface area contributed by atoms with E-state index in [1.54, 1.807) is 0 Å². The summed E-state index contributed by atoms with van der Waals surface area (Å²) in [5.41, 5.74) is 13.7. The van der Waals surface area contributed by atoms with Crippen molar-refractivity contribution in [2.24, 2.45) is 0 Å². The van der Waals surface area contributed by atoms with E-state index >= 15 is 0 Å². The molecule has 0 saturated heterocycles. The minimum atomic E-state index is -0.170. The lowest BCUT2D eigenvalue weighted by molar-refractivity contribution is 0.666. The summed E-state index contributed by atoms with van der Waals surface area (Å²) in [4.78, 5) is 2.41. The molecule has 0 unspecified atom stereocenters. The predicted octanol–water partition coefficient (Wildman–Crippen LogP) is 11.9. The van der Waals surface area contributed by atoms with Gasteiger partial charge in [0.1, 0.15) is 0 Å². The Hall–Kier alpha value is -5.40. The quantitative estimate of drug-likeness (QED) is 0.201. The van der Waals surface area contributed by atoms with Gasteiger partial charge < -0.3 is 4.90 Å². The number of hydrogen-bond acceptors (Lipinski definition) is 1. The number of para-hydroxylation sites is 2. The molecule has 1 nitrogen and oxygen atoms in total. The maximum Gasteiger partial charge on any atom is 0.0540 e. The Balaban J connectivity index is 1.35. The van der Waals surface area contributed by atoms with Crippen LogP contribution in [0.15, 0.2) is 164 Å². The second-order valence-electron chi connectivity index (χ2n) is 12.2. The Labute approximate surface area is 259 Å². The molecule has 0 bridgehead atoms. The van der Waals surface area contributed by atoms with Crippen LogP contribution < -0.4 is 4.90 Å². The highest BCUT2D eigenvalue weighted by atomic mass is 15.1. The van der Waals surface area contributed by atoms with Crippen molar-refractivity contribution in [1.29, 1.82) is 0 Å². The summed E-state index contributed by atoms with van der Waals surface area (Å²) in [6, 6.07) is 59.4. The third kappa shape index (κ3) is 4.16. The summed E-state index contributed by atoms with van der Waals surface area (Å²) in [6.07, 6.45) is 0. The van der Waals surface area contributed by atoms with Gasteiger partial charge in [0.25, 0.3) is 0 Å². The van der Waals surface area contributed by atoms with Crippen LogP contribution in [0.3, 0.4) is 0 Å². The first-order valence-electron chi connectivity index (χ1n) is 15.4. The lowest BCUT2D eigenvalue weighted by atomic mass is 9.79. The van der Waals surface area contributed by atoms with Crippen molar-refractivity contribution in [3.8, 4) is 33.4 Å². The molecule has 0 spiro atoms. The zero-order chi connectivity index (χ0) is 29.7. The zero-order valence-electron chi connectivity index (χ0n) is 25.0. The van der Waals surface area contributed by atoms with Crippen molar-refractivity contribution in [3.63, 3.8) is 0 Å². The Bertz CT molecular complexity index is 2130. The van der Waals surface area contributed by atoms with E-state index in [-0.39, 0.29) is 5.41 Å². The van der Waals surface area contributed by atoms with Gasteiger partial charge in [-0.05, 0) is 86.1 Å². The minimum absolute atomic E-state index is 0.170. The van der Waals surface area contributed by atoms with E-state index < -0.39 is 0 Å². The first-order chi connectivity index (χ1) is 21.6. The normalized spacial score (nSPS) is 13.0. The van der Waals surface area contributed by atoms with Crippen molar-refractivity contribution in [1.82, 2.24) is 0 Å². The molecule has 7 aromatic rings. The molecule has 7 aromatic carbocycles. The molecule has 0 amide bonds. The number of fused-ring (bicyclic) bond motifs is 5. The molecule has 44 heavy (non-hydrogen) atoms. The van der Waals surface area contributed by atoms with Gasteiger partial charge in [-0.1, -0.05) is 141 Å². The third-order valence-electron chi connectivity index (χ3n) is 9.22. The summed E-state index contributed by atoms with van der Waals surface area (Å²) in [6.45, 7) is 4.78. The molecule has 1 aliphatic rings. The molecule has 0 heterocycles. The second-order valence-corrected chi connectivity index (χ2v) is 12.2. The van der Waals surface area contributed by atoms with Gasteiger partial charge in [0.15, 0.2) is 0 Å². The van der Waals surface area contributed by atoms with Crippen LogP contribution >= 0.6 is 0 Å². The highest BCUT2D eigenvalue weighted by Gasteiger charge is 2.38. The standard InChI is InChI=1S/C43H33N/c1-43(2)40-28-33(44(32-20-10-5-11-21-32)41-25-15-14-22-34(41)30-16-6-3-7-17-30)26-27-36(40)39-29-38(31-18-8-4-9-19-31)35-23-12-13-24-37(35)42(39)43/h3-29H,1-2H3. The number of nitrogens with zero attached hydrogens (tertiary/aromatic N) is 1. The van der Waals surface area contributed by atoms with E-state index in [0.29, 0.717) is 0 Å². The summed E-state index contributed by atoms with van der Waals surface area (Å²) in [7, 11) is 0. The van der Waals surface area contributed by atoms with Gasteiger partial charge in [-0.15, -0.1) is 0 Å². The molecular weight excluding hydrogens is 530 g/mol. The topological polar surface area (TPSA) is 3.24 Å². The van der Waals surface area contributed by atoms with Gasteiger partial charge in [-0.2, -0.15) is 0 Å². The summed E-state index contributed by atoms with van der Waals surface area (Å²) in [5.74, 6) is 0. The van der Waals surface area contributed by atoms with Crippen LogP contribution in [0.1, 0.15) is 25.0 Å². The molecule has 210 valence electrons. The maximum absolute atomic E-state index is 2.43. The average molecular weight is 564 g/mol. The van der Waals surface area contributed by atoms with Gasteiger partial charge in [0, 0.05) is 22.4 Å². The zero-order valence-corrected chi connectivity index (χ0v) is 25.0. The van der Waals surface area contributed by atoms with Crippen molar-refractivity contribution >= 4 is 27.8 Å². The Kier molecular flexibility index (Phi) is 6.20. The average Bonchev–Trinajstić information content (AvgIpc) is 3.31. The lowest BCUT2D eigenvalue weighted by Crippen LogP contribution is -2.17. The molecule has 0 N–H and O–H groups in total. The number of rotatable bonds is 5. The fraction of sp³-hybridized carbons (Fsp3) is 0.0698. The van der Waals surface area contributed by atoms with Crippen molar-refractivity contribution in [3.05, 3.63) is 175 Å². The molecule has 1 heteroatoms. The molecule has 0 saturated carbocycles. The molecule has 8 rings (SSSR count). The molecule has 0 fully saturated rings. The first kappa shape index (κ1) is 26.2. The molecule has 0 radical (unpaired) electrons. The van der Waals surface area contributed by atoms with Crippen LogP contribution in [0, 0.1) is 0 Å². The predicted molar refractivity (Wildman–Crippen MR) is 187 cm³/mol. The van der Waals surface area contributed by atoms with Gasteiger partial charge in [-0.25, -0.2) is 0 Å².